The van der Waals surface area contributed by atoms with Crippen molar-refractivity contribution in [2.45, 2.75) is 6.92 Å². The first kappa shape index (κ1) is 15.5. The van der Waals surface area contributed by atoms with Crippen LogP contribution in [0.1, 0.15) is 15.9 Å². The van der Waals surface area contributed by atoms with Crippen molar-refractivity contribution in [3.05, 3.63) is 51.5 Å². The summed E-state index contributed by atoms with van der Waals surface area (Å²) in [6, 6.07) is 8.66. The van der Waals surface area contributed by atoms with Gasteiger partial charge in [0.15, 0.2) is 0 Å². The molecule has 110 valence electrons. The minimum Gasteiger partial charge on any atom is -0.465 e. The molecule has 3 N–H and O–H groups in total. The van der Waals surface area contributed by atoms with Crippen molar-refractivity contribution in [1.82, 2.24) is 0 Å². The molecule has 0 bridgehead atoms. The summed E-state index contributed by atoms with van der Waals surface area (Å²) < 4.78 is 4.73. The van der Waals surface area contributed by atoms with Crippen molar-refractivity contribution in [3.8, 4) is 0 Å². The lowest BCUT2D eigenvalue weighted by molar-refractivity contribution is 0.0602. The number of halogens is 2. The Hall–Kier alpha value is -1.91. The third kappa shape index (κ3) is 3.40. The maximum atomic E-state index is 11.7. The van der Waals surface area contributed by atoms with Gasteiger partial charge in [0.05, 0.1) is 22.7 Å². The third-order valence-electron chi connectivity index (χ3n) is 3.00. The van der Waals surface area contributed by atoms with Crippen LogP contribution in [-0.2, 0) is 4.74 Å². The highest BCUT2D eigenvalue weighted by atomic mass is 35.5. The molecule has 21 heavy (non-hydrogen) atoms. The second-order valence-electron chi connectivity index (χ2n) is 4.50. The third-order valence-corrected chi connectivity index (χ3v) is 3.74. The number of methoxy groups -OCH3 is 1. The van der Waals surface area contributed by atoms with E-state index in [4.69, 9.17) is 33.7 Å². The molecule has 0 spiro atoms. The summed E-state index contributed by atoms with van der Waals surface area (Å²) in [6.45, 7) is 1.82. The average Bonchev–Trinajstić information content (AvgIpc) is 2.45. The van der Waals surface area contributed by atoms with Crippen LogP contribution < -0.4 is 11.1 Å². The van der Waals surface area contributed by atoms with Gasteiger partial charge >= 0.3 is 5.97 Å². The van der Waals surface area contributed by atoms with Crippen LogP contribution in [0.15, 0.2) is 30.3 Å². The molecule has 0 aliphatic rings. The number of rotatable bonds is 3. The molecule has 2 aromatic rings. The number of carbonyl (C=O) groups is 1. The molecule has 0 saturated heterocycles. The van der Waals surface area contributed by atoms with E-state index in [-0.39, 0.29) is 0 Å². The number of nitrogens with one attached hydrogen (secondary N) is 1. The zero-order valence-electron chi connectivity index (χ0n) is 11.5. The van der Waals surface area contributed by atoms with Crippen LogP contribution in [0.2, 0.25) is 10.0 Å². The van der Waals surface area contributed by atoms with E-state index in [0.29, 0.717) is 27.0 Å². The number of benzene rings is 2. The Morgan fingerprint density at radius 1 is 1.14 bits per heavy atom. The highest BCUT2D eigenvalue weighted by Crippen LogP contribution is 2.29. The smallest absolute Gasteiger partial charge is 0.340 e. The molecule has 0 radical (unpaired) electrons. The Labute approximate surface area is 132 Å². The van der Waals surface area contributed by atoms with E-state index in [9.17, 15) is 4.79 Å². The maximum absolute atomic E-state index is 11.7. The zero-order chi connectivity index (χ0) is 15.6. The summed E-state index contributed by atoms with van der Waals surface area (Å²) in [6.07, 6.45) is 0. The molecule has 0 aliphatic heterocycles. The molecule has 0 heterocycles. The normalized spacial score (nSPS) is 10.3. The summed E-state index contributed by atoms with van der Waals surface area (Å²) in [5, 5.41) is 4.08. The number of hydrogen-bond acceptors (Lipinski definition) is 4. The fourth-order valence-corrected chi connectivity index (χ4v) is 2.19. The van der Waals surface area contributed by atoms with E-state index in [1.807, 2.05) is 13.0 Å². The molecule has 0 fully saturated rings. The molecular formula is C15H14Cl2N2O2. The predicted molar refractivity (Wildman–Crippen MR) is 86.7 cm³/mol. The van der Waals surface area contributed by atoms with Crippen LogP contribution in [0.25, 0.3) is 0 Å². The largest absolute Gasteiger partial charge is 0.465 e. The monoisotopic (exact) mass is 324 g/mol. The van der Waals surface area contributed by atoms with Gasteiger partial charge in [-0.2, -0.15) is 0 Å². The van der Waals surface area contributed by atoms with Crippen LogP contribution >= 0.6 is 23.2 Å². The lowest BCUT2D eigenvalue weighted by Crippen LogP contribution is -2.08. The van der Waals surface area contributed by atoms with Gasteiger partial charge in [-0.1, -0.05) is 23.2 Å². The van der Waals surface area contributed by atoms with Crippen molar-refractivity contribution in [2.24, 2.45) is 0 Å². The lowest BCUT2D eigenvalue weighted by atomic mass is 10.1. The van der Waals surface area contributed by atoms with Crippen LogP contribution in [0, 0.1) is 6.92 Å². The Morgan fingerprint density at radius 3 is 2.48 bits per heavy atom. The Morgan fingerprint density at radius 2 is 1.86 bits per heavy atom. The number of carbonyl (C=O) groups excluding carboxylic acids is 1. The van der Waals surface area contributed by atoms with Crippen molar-refractivity contribution >= 4 is 46.2 Å². The first-order chi connectivity index (χ1) is 9.92. The average molecular weight is 325 g/mol. The standard InChI is InChI=1S/C15H14Cl2N2O2/c1-8-5-10(6-11(14(8)18)15(20)21-2)19-9-3-4-12(16)13(17)7-9/h3-7,19H,18H2,1-2H3. The number of ether oxygens (including phenoxy) is 1. The van der Waals surface area contributed by atoms with Gasteiger partial charge in [-0.3, -0.25) is 0 Å². The minimum atomic E-state index is -0.478. The SMILES string of the molecule is COC(=O)c1cc(Nc2ccc(Cl)c(Cl)c2)cc(C)c1N. The molecule has 6 heteroatoms. The lowest BCUT2D eigenvalue weighted by Gasteiger charge is -2.12. The molecule has 0 amide bonds. The topological polar surface area (TPSA) is 64.3 Å². The minimum absolute atomic E-state index is 0.320. The highest BCUT2D eigenvalue weighted by Gasteiger charge is 2.13. The van der Waals surface area contributed by atoms with E-state index in [1.54, 1.807) is 24.3 Å². The molecule has 2 rings (SSSR count). The number of hydrogen-bond donors (Lipinski definition) is 2. The predicted octanol–water partition coefficient (Wildman–Crippen LogP) is 4.41. The van der Waals surface area contributed by atoms with Crippen LogP contribution in [0.4, 0.5) is 17.1 Å². The molecule has 0 aliphatic carbocycles. The van der Waals surface area contributed by atoms with Gasteiger partial charge < -0.3 is 15.8 Å². The maximum Gasteiger partial charge on any atom is 0.340 e. The van der Waals surface area contributed by atoms with Gasteiger partial charge in [-0.15, -0.1) is 0 Å². The summed E-state index contributed by atoms with van der Waals surface area (Å²) in [5.74, 6) is -0.478. The van der Waals surface area contributed by atoms with Crippen molar-refractivity contribution in [3.63, 3.8) is 0 Å². The fourth-order valence-electron chi connectivity index (χ4n) is 1.89. The molecule has 4 nitrogen and oxygen atoms in total. The Balaban J connectivity index is 2.38. The van der Waals surface area contributed by atoms with E-state index < -0.39 is 5.97 Å². The first-order valence-electron chi connectivity index (χ1n) is 6.13. The van der Waals surface area contributed by atoms with Gasteiger partial charge in [0, 0.05) is 17.1 Å². The zero-order valence-corrected chi connectivity index (χ0v) is 13.0. The molecule has 0 unspecified atom stereocenters. The Kier molecular flexibility index (Phi) is 4.60. The highest BCUT2D eigenvalue weighted by molar-refractivity contribution is 6.42. The van der Waals surface area contributed by atoms with Crippen LogP contribution in [-0.4, -0.2) is 13.1 Å². The first-order valence-corrected chi connectivity index (χ1v) is 6.88. The summed E-state index contributed by atoms with van der Waals surface area (Å²) in [7, 11) is 1.32. The summed E-state index contributed by atoms with van der Waals surface area (Å²) >= 11 is 11.9. The number of esters is 1. The van der Waals surface area contributed by atoms with Crippen LogP contribution in [0.5, 0.6) is 0 Å². The van der Waals surface area contributed by atoms with Crippen molar-refractivity contribution < 1.29 is 9.53 Å². The number of aryl methyl sites for hydroxylation is 1. The molecule has 0 atom stereocenters. The molecular weight excluding hydrogens is 311 g/mol. The van der Waals surface area contributed by atoms with Gasteiger partial charge in [-0.25, -0.2) is 4.79 Å². The summed E-state index contributed by atoms with van der Waals surface area (Å²) in [4.78, 5) is 11.7. The fraction of sp³-hybridized carbons (Fsp3) is 0.133. The quantitative estimate of drug-likeness (QED) is 0.648. The van der Waals surface area contributed by atoms with E-state index in [1.165, 1.54) is 7.11 Å². The number of nitrogen functional groups attached to an aromatic ring is 1. The van der Waals surface area contributed by atoms with Crippen LogP contribution in [0.3, 0.4) is 0 Å². The van der Waals surface area contributed by atoms with Gasteiger partial charge in [0.2, 0.25) is 0 Å². The molecule has 0 saturated carbocycles. The number of nitrogens with two attached hydrogens (primary N) is 1. The van der Waals surface area contributed by atoms with E-state index in [2.05, 4.69) is 5.32 Å². The van der Waals surface area contributed by atoms with Crippen molar-refractivity contribution in [1.29, 1.82) is 0 Å². The van der Waals surface area contributed by atoms with E-state index >= 15 is 0 Å². The van der Waals surface area contributed by atoms with E-state index in [0.717, 1.165) is 11.3 Å². The van der Waals surface area contributed by atoms with Gasteiger partial charge in [0.1, 0.15) is 0 Å². The second kappa shape index (κ2) is 6.24. The van der Waals surface area contributed by atoms with Crippen molar-refractivity contribution in [2.75, 3.05) is 18.2 Å². The number of anilines is 3. The summed E-state index contributed by atoms with van der Waals surface area (Å²) in [5.41, 5.74) is 8.86. The second-order valence-corrected chi connectivity index (χ2v) is 5.31. The molecule has 0 aromatic heterocycles. The molecule has 2 aromatic carbocycles. The van der Waals surface area contributed by atoms with Gasteiger partial charge in [-0.05, 0) is 42.8 Å². The Bertz CT molecular complexity index is 702. The van der Waals surface area contributed by atoms with Gasteiger partial charge in [0.25, 0.3) is 0 Å².